The predicted octanol–water partition coefficient (Wildman–Crippen LogP) is 2.24. The third-order valence-electron chi connectivity index (χ3n) is 2.90. The lowest BCUT2D eigenvalue weighted by molar-refractivity contribution is 0.408. The molecule has 0 fully saturated rings. The van der Waals surface area contributed by atoms with Crippen molar-refractivity contribution in [1.82, 2.24) is 14.9 Å². The van der Waals surface area contributed by atoms with Gasteiger partial charge in [0.25, 0.3) is 0 Å². The lowest BCUT2D eigenvalue weighted by atomic mass is 10.2. The molecule has 1 heterocycles. The Balaban J connectivity index is 2.92. The Morgan fingerprint density at radius 3 is 2.45 bits per heavy atom. The fourth-order valence-electron chi connectivity index (χ4n) is 2.01. The van der Waals surface area contributed by atoms with Gasteiger partial charge in [-0.05, 0) is 33.9 Å². The Labute approximate surface area is 123 Å². The zero-order valence-electron chi connectivity index (χ0n) is 13.8. The van der Waals surface area contributed by atoms with E-state index in [0.29, 0.717) is 5.92 Å². The van der Waals surface area contributed by atoms with Crippen LogP contribution < -0.4 is 10.2 Å². The van der Waals surface area contributed by atoms with Crippen molar-refractivity contribution in [3.05, 3.63) is 11.8 Å². The summed E-state index contributed by atoms with van der Waals surface area (Å²) in [7, 11) is 4.20. The summed E-state index contributed by atoms with van der Waals surface area (Å²) in [5, 5.41) is 3.20. The van der Waals surface area contributed by atoms with Crippen molar-refractivity contribution in [3.8, 4) is 0 Å². The van der Waals surface area contributed by atoms with E-state index in [4.69, 9.17) is 0 Å². The molecular weight excluding hydrogens is 250 g/mol. The minimum atomic E-state index is 0.606. The zero-order chi connectivity index (χ0) is 15.1. The maximum absolute atomic E-state index is 4.64. The first kappa shape index (κ1) is 16.7. The maximum Gasteiger partial charge on any atom is 0.224 e. The van der Waals surface area contributed by atoms with Crippen molar-refractivity contribution < 1.29 is 0 Å². The van der Waals surface area contributed by atoms with Gasteiger partial charge in [-0.1, -0.05) is 13.8 Å². The number of rotatable bonds is 8. The van der Waals surface area contributed by atoms with Crippen molar-refractivity contribution in [1.29, 1.82) is 0 Å². The van der Waals surface area contributed by atoms with Gasteiger partial charge in [0.05, 0.1) is 0 Å². The van der Waals surface area contributed by atoms with Crippen molar-refractivity contribution >= 4 is 11.8 Å². The van der Waals surface area contributed by atoms with Crippen LogP contribution in [-0.2, 0) is 0 Å². The van der Waals surface area contributed by atoms with E-state index in [1.807, 2.05) is 6.92 Å². The van der Waals surface area contributed by atoms with Crippen LogP contribution in [0.3, 0.4) is 0 Å². The molecular formula is C15H29N5. The molecule has 0 saturated carbocycles. The number of aryl methyl sites for hydroxylation is 1. The van der Waals surface area contributed by atoms with E-state index in [1.54, 1.807) is 0 Å². The summed E-state index contributed by atoms with van der Waals surface area (Å²) in [6.07, 6.45) is 0. The Kier molecular flexibility index (Phi) is 6.71. The Bertz CT molecular complexity index is 403. The molecule has 20 heavy (non-hydrogen) atoms. The SMILES string of the molecule is CCNc1nc(C)cc(N(CCN(C)C)CC(C)C)n1. The van der Waals surface area contributed by atoms with Gasteiger partial charge in [-0.15, -0.1) is 0 Å². The summed E-state index contributed by atoms with van der Waals surface area (Å²) >= 11 is 0. The number of nitrogens with zero attached hydrogens (tertiary/aromatic N) is 4. The maximum atomic E-state index is 4.64. The van der Waals surface area contributed by atoms with E-state index in [-0.39, 0.29) is 0 Å². The van der Waals surface area contributed by atoms with Gasteiger partial charge < -0.3 is 15.1 Å². The lowest BCUT2D eigenvalue weighted by Crippen LogP contribution is -2.35. The summed E-state index contributed by atoms with van der Waals surface area (Å²) in [6, 6.07) is 2.07. The molecule has 0 aromatic carbocycles. The van der Waals surface area contributed by atoms with Crippen LogP contribution in [0.2, 0.25) is 0 Å². The van der Waals surface area contributed by atoms with Gasteiger partial charge >= 0.3 is 0 Å². The first-order chi connectivity index (χ1) is 9.42. The van der Waals surface area contributed by atoms with Gasteiger partial charge in [0, 0.05) is 37.9 Å². The molecule has 0 aliphatic heterocycles. The second kappa shape index (κ2) is 8.04. The quantitative estimate of drug-likeness (QED) is 0.790. The van der Waals surface area contributed by atoms with Gasteiger partial charge in [-0.3, -0.25) is 0 Å². The van der Waals surface area contributed by atoms with Gasteiger partial charge in [0.15, 0.2) is 0 Å². The highest BCUT2D eigenvalue weighted by atomic mass is 15.2. The van der Waals surface area contributed by atoms with E-state index in [1.165, 1.54) is 0 Å². The molecule has 0 spiro atoms. The first-order valence-corrected chi connectivity index (χ1v) is 7.41. The Morgan fingerprint density at radius 2 is 1.90 bits per heavy atom. The van der Waals surface area contributed by atoms with Crippen LogP contribution in [0.1, 0.15) is 26.5 Å². The third kappa shape index (κ3) is 5.74. The minimum Gasteiger partial charge on any atom is -0.355 e. The second-order valence-electron chi connectivity index (χ2n) is 5.86. The molecule has 1 rings (SSSR count). The summed E-state index contributed by atoms with van der Waals surface area (Å²) < 4.78 is 0. The standard InChI is InChI=1S/C15H29N5/c1-7-16-15-17-13(4)10-14(18-15)20(11-12(2)3)9-8-19(5)6/h10,12H,7-9,11H2,1-6H3,(H,16,17,18). The molecule has 0 aliphatic rings. The van der Waals surface area contributed by atoms with Crippen molar-refractivity contribution in [2.45, 2.75) is 27.7 Å². The fraction of sp³-hybridized carbons (Fsp3) is 0.733. The molecule has 1 aromatic heterocycles. The molecule has 0 radical (unpaired) electrons. The van der Waals surface area contributed by atoms with Crippen LogP contribution in [0.15, 0.2) is 6.07 Å². The van der Waals surface area contributed by atoms with Crippen LogP contribution in [0, 0.1) is 12.8 Å². The number of hydrogen-bond acceptors (Lipinski definition) is 5. The topological polar surface area (TPSA) is 44.3 Å². The van der Waals surface area contributed by atoms with Crippen LogP contribution in [0.5, 0.6) is 0 Å². The highest BCUT2D eigenvalue weighted by molar-refractivity contribution is 5.44. The van der Waals surface area contributed by atoms with Crippen molar-refractivity contribution in [2.75, 3.05) is 50.5 Å². The van der Waals surface area contributed by atoms with Gasteiger partial charge in [-0.2, -0.15) is 4.98 Å². The number of likely N-dealkylation sites (N-methyl/N-ethyl adjacent to an activating group) is 1. The van der Waals surface area contributed by atoms with Gasteiger partial charge in [0.1, 0.15) is 5.82 Å². The third-order valence-corrected chi connectivity index (χ3v) is 2.90. The summed E-state index contributed by atoms with van der Waals surface area (Å²) in [5.74, 6) is 2.35. The fourth-order valence-corrected chi connectivity index (χ4v) is 2.01. The molecule has 0 aliphatic carbocycles. The molecule has 0 bridgehead atoms. The van der Waals surface area contributed by atoms with Gasteiger partial charge in [-0.25, -0.2) is 4.98 Å². The van der Waals surface area contributed by atoms with E-state index >= 15 is 0 Å². The highest BCUT2D eigenvalue weighted by Gasteiger charge is 2.12. The summed E-state index contributed by atoms with van der Waals surface area (Å²) in [6.45, 7) is 12.4. The minimum absolute atomic E-state index is 0.606. The average Bonchev–Trinajstić information content (AvgIpc) is 2.33. The molecule has 0 saturated heterocycles. The zero-order valence-corrected chi connectivity index (χ0v) is 13.8. The number of nitrogens with one attached hydrogen (secondary N) is 1. The van der Waals surface area contributed by atoms with Gasteiger partial charge in [0.2, 0.25) is 5.95 Å². The van der Waals surface area contributed by atoms with E-state index in [2.05, 4.69) is 66.0 Å². The predicted molar refractivity (Wildman–Crippen MR) is 86.5 cm³/mol. The van der Waals surface area contributed by atoms with Crippen LogP contribution in [0.25, 0.3) is 0 Å². The lowest BCUT2D eigenvalue weighted by Gasteiger charge is -2.27. The van der Waals surface area contributed by atoms with E-state index in [0.717, 1.165) is 43.6 Å². The summed E-state index contributed by atoms with van der Waals surface area (Å²) in [4.78, 5) is 13.6. The molecule has 1 aromatic rings. The smallest absolute Gasteiger partial charge is 0.224 e. The Morgan fingerprint density at radius 1 is 1.20 bits per heavy atom. The van der Waals surface area contributed by atoms with Crippen molar-refractivity contribution in [2.24, 2.45) is 5.92 Å². The number of hydrogen-bond donors (Lipinski definition) is 1. The van der Waals surface area contributed by atoms with E-state index < -0.39 is 0 Å². The average molecular weight is 279 g/mol. The summed E-state index contributed by atoms with van der Waals surface area (Å²) in [5.41, 5.74) is 1.00. The highest BCUT2D eigenvalue weighted by Crippen LogP contribution is 2.16. The first-order valence-electron chi connectivity index (χ1n) is 7.41. The van der Waals surface area contributed by atoms with Crippen molar-refractivity contribution in [3.63, 3.8) is 0 Å². The van der Waals surface area contributed by atoms with E-state index in [9.17, 15) is 0 Å². The Hall–Kier alpha value is -1.36. The normalized spacial score (nSPS) is 11.2. The molecule has 5 heteroatoms. The van der Waals surface area contributed by atoms with Crippen LogP contribution in [-0.4, -0.2) is 55.1 Å². The molecule has 0 amide bonds. The second-order valence-corrected chi connectivity index (χ2v) is 5.86. The molecule has 1 N–H and O–H groups in total. The van der Waals surface area contributed by atoms with Crippen LogP contribution >= 0.6 is 0 Å². The number of aromatic nitrogens is 2. The monoisotopic (exact) mass is 279 g/mol. The molecule has 0 atom stereocenters. The largest absolute Gasteiger partial charge is 0.355 e. The molecule has 114 valence electrons. The molecule has 0 unspecified atom stereocenters. The number of anilines is 2. The van der Waals surface area contributed by atoms with Crippen LogP contribution in [0.4, 0.5) is 11.8 Å². The molecule has 5 nitrogen and oxygen atoms in total.